The van der Waals surface area contributed by atoms with Gasteiger partial charge in [0.1, 0.15) is 24.0 Å². The number of anilines is 1. The molecule has 0 spiro atoms. The number of alkyl halides is 3. The minimum absolute atomic E-state index is 0.0405. The number of phosphoric acid groups is 1. The standard InChI is InChI=1S/C21H19F4N2O7P/c1-12-8-14(22)3-5-17(12)34-18-9-13(21(23,24)25)2-4-16(18)20(29)26-15-6-7-27(19(28)10-15)11-33-35(30,31)32/h2-10,20,26,29H,11H2,1H3,(H2,30,31,32). The quantitative estimate of drug-likeness (QED) is 0.198. The van der Waals surface area contributed by atoms with Crippen LogP contribution >= 0.6 is 7.82 Å². The zero-order valence-corrected chi connectivity index (χ0v) is 18.8. The summed E-state index contributed by atoms with van der Waals surface area (Å²) in [6, 6.07) is 8.07. The van der Waals surface area contributed by atoms with Gasteiger partial charge in [-0.3, -0.25) is 13.9 Å². The van der Waals surface area contributed by atoms with Gasteiger partial charge in [0.2, 0.25) is 0 Å². The van der Waals surface area contributed by atoms with E-state index in [1.165, 1.54) is 19.1 Å². The van der Waals surface area contributed by atoms with E-state index in [2.05, 4.69) is 9.84 Å². The van der Waals surface area contributed by atoms with Crippen molar-refractivity contribution in [3.05, 3.63) is 87.6 Å². The summed E-state index contributed by atoms with van der Waals surface area (Å²) in [6.07, 6.45) is -5.22. The molecule has 0 aliphatic heterocycles. The van der Waals surface area contributed by atoms with E-state index >= 15 is 0 Å². The number of rotatable bonds is 8. The van der Waals surface area contributed by atoms with Crippen molar-refractivity contribution >= 4 is 13.5 Å². The molecule has 4 N–H and O–H groups in total. The number of ether oxygens (including phenoxy) is 1. The Balaban J connectivity index is 1.89. The van der Waals surface area contributed by atoms with E-state index in [0.29, 0.717) is 11.6 Å². The molecule has 3 rings (SSSR count). The van der Waals surface area contributed by atoms with Crippen molar-refractivity contribution in [2.24, 2.45) is 0 Å². The van der Waals surface area contributed by atoms with E-state index in [1.807, 2.05) is 0 Å². The smallest absolute Gasteiger partial charge is 0.457 e. The summed E-state index contributed by atoms with van der Waals surface area (Å²) in [5, 5.41) is 13.2. The van der Waals surface area contributed by atoms with Gasteiger partial charge in [-0.15, -0.1) is 0 Å². The Labute approximate surface area is 195 Å². The zero-order valence-electron chi connectivity index (χ0n) is 17.9. The number of hydrogen-bond acceptors (Lipinski definition) is 6. The number of nitrogens with one attached hydrogen (secondary N) is 1. The molecule has 0 saturated carbocycles. The Morgan fingerprint density at radius 3 is 2.40 bits per heavy atom. The normalized spacial score (nSPS) is 12.9. The number of aliphatic hydroxyl groups is 1. The van der Waals surface area contributed by atoms with E-state index in [9.17, 15) is 32.0 Å². The van der Waals surface area contributed by atoms with E-state index in [1.54, 1.807) is 0 Å². The van der Waals surface area contributed by atoms with Crippen LogP contribution in [0, 0.1) is 12.7 Å². The third-order valence-corrected chi connectivity index (χ3v) is 5.11. The number of aliphatic hydroxyl groups excluding tert-OH is 1. The maximum atomic E-state index is 13.4. The average molecular weight is 518 g/mol. The summed E-state index contributed by atoms with van der Waals surface area (Å²) in [6.45, 7) is 0.755. The van der Waals surface area contributed by atoms with Crippen molar-refractivity contribution in [3.63, 3.8) is 0 Å². The highest BCUT2D eigenvalue weighted by molar-refractivity contribution is 7.46. The number of benzene rings is 2. The van der Waals surface area contributed by atoms with Crippen LogP contribution in [0.4, 0.5) is 23.2 Å². The highest BCUT2D eigenvalue weighted by atomic mass is 31.2. The Morgan fingerprint density at radius 1 is 1.09 bits per heavy atom. The fourth-order valence-corrected chi connectivity index (χ4v) is 3.22. The summed E-state index contributed by atoms with van der Waals surface area (Å²) < 4.78 is 74.6. The number of hydrogen-bond donors (Lipinski definition) is 4. The van der Waals surface area contributed by atoms with Crippen molar-refractivity contribution in [1.82, 2.24) is 4.57 Å². The van der Waals surface area contributed by atoms with Crippen LogP contribution in [-0.4, -0.2) is 19.5 Å². The number of phosphoric ester groups is 1. The van der Waals surface area contributed by atoms with Gasteiger partial charge in [0, 0.05) is 23.5 Å². The molecule has 35 heavy (non-hydrogen) atoms. The van der Waals surface area contributed by atoms with E-state index in [-0.39, 0.29) is 22.7 Å². The van der Waals surface area contributed by atoms with Crippen LogP contribution < -0.4 is 15.6 Å². The SMILES string of the molecule is Cc1cc(F)ccc1Oc1cc(C(F)(F)F)ccc1C(O)Nc1ccn(COP(=O)(O)O)c(=O)c1. The van der Waals surface area contributed by atoms with Gasteiger partial charge in [0.05, 0.1) is 5.56 Å². The number of halogens is 4. The first-order chi connectivity index (χ1) is 16.2. The number of nitrogens with zero attached hydrogens (tertiary/aromatic N) is 1. The lowest BCUT2D eigenvalue weighted by Crippen LogP contribution is -2.21. The summed E-state index contributed by atoms with van der Waals surface area (Å²) in [5.74, 6) is -0.869. The highest BCUT2D eigenvalue weighted by Gasteiger charge is 2.32. The van der Waals surface area contributed by atoms with Crippen LogP contribution in [0.1, 0.15) is 22.9 Å². The average Bonchev–Trinajstić information content (AvgIpc) is 2.73. The van der Waals surface area contributed by atoms with Crippen molar-refractivity contribution < 1.29 is 46.3 Å². The molecule has 1 aromatic heterocycles. The molecular weight excluding hydrogens is 499 g/mol. The van der Waals surface area contributed by atoms with Gasteiger partial charge < -0.3 is 24.9 Å². The van der Waals surface area contributed by atoms with Crippen molar-refractivity contribution in [2.75, 3.05) is 5.32 Å². The fourth-order valence-electron chi connectivity index (χ4n) is 2.95. The molecule has 9 nitrogen and oxygen atoms in total. The van der Waals surface area contributed by atoms with E-state index in [4.69, 9.17) is 14.5 Å². The molecule has 0 aliphatic rings. The van der Waals surface area contributed by atoms with Gasteiger partial charge in [0.15, 0.2) is 6.23 Å². The molecule has 2 aromatic carbocycles. The summed E-state index contributed by atoms with van der Waals surface area (Å²) in [4.78, 5) is 29.6. The third kappa shape index (κ3) is 7.13. The molecule has 0 saturated heterocycles. The van der Waals surface area contributed by atoms with Gasteiger partial charge in [-0.2, -0.15) is 13.2 Å². The maximum Gasteiger partial charge on any atom is 0.471 e. The fraction of sp³-hybridized carbons (Fsp3) is 0.190. The first kappa shape index (κ1) is 26.4. The minimum Gasteiger partial charge on any atom is -0.457 e. The molecule has 1 heterocycles. The van der Waals surface area contributed by atoms with E-state index in [0.717, 1.165) is 41.1 Å². The van der Waals surface area contributed by atoms with Crippen molar-refractivity contribution in [1.29, 1.82) is 0 Å². The molecule has 0 bridgehead atoms. The topological polar surface area (TPSA) is 130 Å². The van der Waals surface area contributed by atoms with Crippen LogP contribution in [0.25, 0.3) is 0 Å². The summed E-state index contributed by atoms with van der Waals surface area (Å²) in [5.41, 5.74) is -1.57. The van der Waals surface area contributed by atoms with E-state index < -0.39 is 43.9 Å². The molecule has 1 unspecified atom stereocenters. The van der Waals surface area contributed by atoms with Gasteiger partial charge in [-0.25, -0.2) is 8.96 Å². The molecule has 188 valence electrons. The van der Waals surface area contributed by atoms with Crippen LogP contribution in [-0.2, 0) is 22.0 Å². The van der Waals surface area contributed by atoms with Gasteiger partial charge in [-0.1, -0.05) is 6.07 Å². The highest BCUT2D eigenvalue weighted by Crippen LogP contribution is 2.38. The number of aromatic nitrogens is 1. The van der Waals surface area contributed by atoms with Gasteiger partial charge in [0.25, 0.3) is 5.56 Å². The molecule has 3 aromatic rings. The summed E-state index contributed by atoms with van der Waals surface area (Å²) >= 11 is 0. The van der Waals surface area contributed by atoms with Gasteiger partial charge >= 0.3 is 14.0 Å². The van der Waals surface area contributed by atoms with Crippen molar-refractivity contribution in [2.45, 2.75) is 26.1 Å². The van der Waals surface area contributed by atoms with Gasteiger partial charge in [-0.05, 0) is 48.9 Å². The maximum absolute atomic E-state index is 13.4. The Morgan fingerprint density at radius 2 is 1.80 bits per heavy atom. The molecule has 0 amide bonds. The Hall–Kier alpha value is -3.22. The predicted octanol–water partition coefficient (Wildman–Crippen LogP) is 4.28. The first-order valence-electron chi connectivity index (χ1n) is 9.73. The molecule has 14 heteroatoms. The van der Waals surface area contributed by atoms with Crippen LogP contribution in [0.15, 0.2) is 59.5 Å². The molecule has 0 fully saturated rings. The third-order valence-electron chi connectivity index (χ3n) is 4.66. The largest absolute Gasteiger partial charge is 0.471 e. The second-order valence-corrected chi connectivity index (χ2v) is 8.52. The second kappa shape index (κ2) is 10.2. The lowest BCUT2D eigenvalue weighted by atomic mass is 10.1. The Kier molecular flexibility index (Phi) is 7.68. The van der Waals surface area contributed by atoms with Crippen LogP contribution in [0.5, 0.6) is 11.5 Å². The van der Waals surface area contributed by atoms with Crippen LogP contribution in [0.3, 0.4) is 0 Å². The lowest BCUT2D eigenvalue weighted by molar-refractivity contribution is -0.137. The molecule has 0 radical (unpaired) electrons. The summed E-state index contributed by atoms with van der Waals surface area (Å²) in [7, 11) is -4.81. The molecular formula is C21H19F4N2O7P. The lowest BCUT2D eigenvalue weighted by Gasteiger charge is -2.20. The molecule has 1 atom stereocenters. The second-order valence-electron chi connectivity index (χ2n) is 7.28. The van der Waals surface area contributed by atoms with Crippen molar-refractivity contribution in [3.8, 4) is 11.5 Å². The zero-order chi connectivity index (χ0) is 26.0. The molecule has 0 aliphatic carbocycles. The first-order valence-corrected chi connectivity index (χ1v) is 11.3. The predicted molar refractivity (Wildman–Crippen MR) is 115 cm³/mol. The number of pyridine rings is 1. The monoisotopic (exact) mass is 518 g/mol. The minimum atomic E-state index is -4.81. The Bertz CT molecular complexity index is 1320. The van der Waals surface area contributed by atoms with Crippen LogP contribution in [0.2, 0.25) is 0 Å². The number of aryl methyl sites for hydroxylation is 1.